The summed E-state index contributed by atoms with van der Waals surface area (Å²) < 4.78 is 0. The summed E-state index contributed by atoms with van der Waals surface area (Å²) in [7, 11) is 0. The summed E-state index contributed by atoms with van der Waals surface area (Å²) in [5, 5.41) is 12.7. The zero-order chi connectivity index (χ0) is 15.4. The number of carbonyl (C=O) groups excluding carboxylic acids is 1. The van der Waals surface area contributed by atoms with Crippen molar-refractivity contribution in [2.75, 3.05) is 5.32 Å². The first kappa shape index (κ1) is 15.1. The topological polar surface area (TPSA) is 75.4 Å². The summed E-state index contributed by atoms with van der Waals surface area (Å²) in [6.45, 7) is 3.58. The molecule has 1 amide bonds. The summed E-state index contributed by atoms with van der Waals surface area (Å²) in [4.78, 5) is 12.1. The smallest absolute Gasteiger partial charge is 0.241 e. The van der Waals surface area contributed by atoms with Crippen LogP contribution in [0.3, 0.4) is 0 Å². The normalized spacial score (nSPS) is 12.0. The molecule has 0 aliphatic heterocycles. The van der Waals surface area contributed by atoms with Gasteiger partial charge >= 0.3 is 0 Å². The summed E-state index contributed by atoms with van der Waals surface area (Å²) in [6, 6.07) is 12.6. The molecule has 0 unspecified atom stereocenters. The van der Waals surface area contributed by atoms with Crippen molar-refractivity contribution in [2.45, 2.75) is 26.3 Å². The molecule has 0 aliphatic rings. The van der Waals surface area contributed by atoms with Gasteiger partial charge in [-0.1, -0.05) is 36.4 Å². The van der Waals surface area contributed by atoms with E-state index in [1.54, 1.807) is 19.1 Å². The second kappa shape index (κ2) is 6.41. The fourth-order valence-electron chi connectivity index (χ4n) is 2.16. The van der Waals surface area contributed by atoms with E-state index in [2.05, 4.69) is 5.32 Å². The molecule has 110 valence electrons. The maximum Gasteiger partial charge on any atom is 0.241 e. The summed E-state index contributed by atoms with van der Waals surface area (Å²) >= 11 is 0. The van der Waals surface area contributed by atoms with E-state index >= 15 is 0 Å². The highest BCUT2D eigenvalue weighted by molar-refractivity contribution is 5.95. The Morgan fingerprint density at radius 1 is 1.19 bits per heavy atom. The number of hydrogen-bond acceptors (Lipinski definition) is 3. The Labute approximate surface area is 124 Å². The van der Waals surface area contributed by atoms with Gasteiger partial charge in [-0.25, -0.2) is 0 Å². The molecule has 2 aromatic rings. The molecule has 0 aromatic heterocycles. The summed E-state index contributed by atoms with van der Waals surface area (Å²) in [5.41, 5.74) is 8.97. The predicted octanol–water partition coefficient (Wildman–Crippen LogP) is 2.52. The number of amides is 1. The van der Waals surface area contributed by atoms with E-state index in [1.807, 2.05) is 37.3 Å². The third kappa shape index (κ3) is 3.61. The molecule has 2 aromatic carbocycles. The molecule has 4 heteroatoms. The van der Waals surface area contributed by atoms with Crippen molar-refractivity contribution >= 4 is 11.6 Å². The first-order valence-corrected chi connectivity index (χ1v) is 6.88. The van der Waals surface area contributed by atoms with Crippen LogP contribution in [0.2, 0.25) is 0 Å². The highest BCUT2D eigenvalue weighted by Gasteiger charge is 2.16. The highest BCUT2D eigenvalue weighted by atomic mass is 16.3. The van der Waals surface area contributed by atoms with Crippen LogP contribution in [0.1, 0.15) is 16.7 Å². The number of rotatable bonds is 4. The minimum Gasteiger partial charge on any atom is -0.507 e. The molecule has 0 fully saturated rings. The number of aryl methyl sites for hydroxylation is 1. The third-order valence-corrected chi connectivity index (χ3v) is 3.53. The number of phenolic OH excluding ortho intramolecular Hbond substituents is 1. The number of carbonyl (C=O) groups is 1. The van der Waals surface area contributed by atoms with E-state index in [4.69, 9.17) is 5.73 Å². The Balaban J connectivity index is 2.06. The van der Waals surface area contributed by atoms with Gasteiger partial charge in [-0.15, -0.1) is 0 Å². The quantitative estimate of drug-likeness (QED) is 0.807. The van der Waals surface area contributed by atoms with Gasteiger partial charge in [0.1, 0.15) is 5.75 Å². The van der Waals surface area contributed by atoms with Crippen LogP contribution in [-0.2, 0) is 11.2 Å². The van der Waals surface area contributed by atoms with Crippen molar-refractivity contribution in [3.8, 4) is 5.75 Å². The first-order valence-electron chi connectivity index (χ1n) is 6.88. The van der Waals surface area contributed by atoms with E-state index in [0.717, 1.165) is 11.1 Å². The van der Waals surface area contributed by atoms with E-state index in [1.165, 1.54) is 0 Å². The Bertz CT molecular complexity index is 639. The van der Waals surface area contributed by atoms with Gasteiger partial charge in [0.2, 0.25) is 5.91 Å². The van der Waals surface area contributed by atoms with Gasteiger partial charge in [0.05, 0.1) is 6.04 Å². The van der Waals surface area contributed by atoms with Gasteiger partial charge in [0, 0.05) is 11.3 Å². The third-order valence-electron chi connectivity index (χ3n) is 3.53. The number of nitrogens with two attached hydrogens (primary N) is 1. The number of nitrogens with one attached hydrogen (secondary N) is 1. The van der Waals surface area contributed by atoms with Gasteiger partial charge in [0.15, 0.2) is 0 Å². The molecule has 0 spiro atoms. The van der Waals surface area contributed by atoms with E-state index in [0.29, 0.717) is 17.7 Å². The molecule has 0 saturated heterocycles. The number of aromatic hydroxyl groups is 1. The average Bonchev–Trinajstić information content (AvgIpc) is 2.48. The largest absolute Gasteiger partial charge is 0.507 e. The fraction of sp³-hybridized carbons (Fsp3) is 0.235. The lowest BCUT2D eigenvalue weighted by atomic mass is 10.1. The Kier molecular flexibility index (Phi) is 4.60. The lowest BCUT2D eigenvalue weighted by Gasteiger charge is -2.15. The lowest BCUT2D eigenvalue weighted by molar-refractivity contribution is -0.117. The number of phenols is 1. The first-order chi connectivity index (χ1) is 9.99. The van der Waals surface area contributed by atoms with Crippen molar-refractivity contribution in [3.63, 3.8) is 0 Å². The van der Waals surface area contributed by atoms with Crippen LogP contribution in [0.25, 0.3) is 0 Å². The maximum absolute atomic E-state index is 12.1. The van der Waals surface area contributed by atoms with E-state index in [-0.39, 0.29) is 11.7 Å². The number of hydrogen-bond donors (Lipinski definition) is 3. The fourth-order valence-corrected chi connectivity index (χ4v) is 2.16. The molecule has 4 nitrogen and oxygen atoms in total. The minimum absolute atomic E-state index is 0.199. The SMILES string of the molecule is Cc1ccc(NC(=O)[C@H](N)Cc2ccccc2)c(C)c1O. The highest BCUT2D eigenvalue weighted by Crippen LogP contribution is 2.28. The van der Waals surface area contributed by atoms with Crippen LogP contribution in [-0.4, -0.2) is 17.1 Å². The maximum atomic E-state index is 12.1. The molecular weight excluding hydrogens is 264 g/mol. The average molecular weight is 284 g/mol. The molecule has 0 saturated carbocycles. The van der Waals surface area contributed by atoms with Crippen molar-refractivity contribution in [2.24, 2.45) is 5.73 Å². The van der Waals surface area contributed by atoms with Crippen LogP contribution in [0.15, 0.2) is 42.5 Å². The zero-order valence-corrected chi connectivity index (χ0v) is 12.3. The van der Waals surface area contributed by atoms with Gasteiger partial charge in [0.25, 0.3) is 0 Å². The molecule has 1 atom stereocenters. The standard InChI is InChI=1S/C17H20N2O2/c1-11-8-9-15(12(2)16(11)20)19-17(21)14(18)10-13-6-4-3-5-7-13/h3-9,14,20H,10,18H2,1-2H3,(H,19,21)/t14-/m1/s1. The zero-order valence-electron chi connectivity index (χ0n) is 12.3. The molecule has 4 N–H and O–H groups in total. The van der Waals surface area contributed by atoms with Crippen molar-refractivity contribution in [3.05, 3.63) is 59.2 Å². The second-order valence-electron chi connectivity index (χ2n) is 5.19. The number of anilines is 1. The van der Waals surface area contributed by atoms with E-state index < -0.39 is 6.04 Å². The molecule has 0 radical (unpaired) electrons. The summed E-state index contributed by atoms with van der Waals surface area (Å²) in [5.74, 6) is -0.0605. The van der Waals surface area contributed by atoms with Crippen LogP contribution >= 0.6 is 0 Å². The molecule has 0 heterocycles. The van der Waals surface area contributed by atoms with Crippen molar-refractivity contribution < 1.29 is 9.90 Å². The number of benzene rings is 2. The Hall–Kier alpha value is -2.33. The van der Waals surface area contributed by atoms with Crippen LogP contribution < -0.4 is 11.1 Å². The van der Waals surface area contributed by atoms with E-state index in [9.17, 15) is 9.90 Å². The Morgan fingerprint density at radius 3 is 2.52 bits per heavy atom. The van der Waals surface area contributed by atoms with Crippen molar-refractivity contribution in [1.82, 2.24) is 0 Å². The monoisotopic (exact) mass is 284 g/mol. The molecular formula is C17H20N2O2. The van der Waals surface area contributed by atoms with Crippen LogP contribution in [0.4, 0.5) is 5.69 Å². The molecule has 21 heavy (non-hydrogen) atoms. The molecule has 0 bridgehead atoms. The second-order valence-corrected chi connectivity index (χ2v) is 5.19. The summed E-state index contributed by atoms with van der Waals surface area (Å²) in [6.07, 6.45) is 0.476. The molecule has 0 aliphatic carbocycles. The molecule has 2 rings (SSSR count). The van der Waals surface area contributed by atoms with Crippen LogP contribution in [0, 0.1) is 13.8 Å². The van der Waals surface area contributed by atoms with Gasteiger partial charge in [-0.3, -0.25) is 4.79 Å². The predicted molar refractivity (Wildman–Crippen MR) is 84.3 cm³/mol. The van der Waals surface area contributed by atoms with Gasteiger partial charge in [-0.05, 0) is 37.5 Å². The van der Waals surface area contributed by atoms with Gasteiger partial charge < -0.3 is 16.2 Å². The minimum atomic E-state index is -0.629. The van der Waals surface area contributed by atoms with Crippen molar-refractivity contribution in [1.29, 1.82) is 0 Å². The van der Waals surface area contributed by atoms with Gasteiger partial charge in [-0.2, -0.15) is 0 Å². The lowest BCUT2D eigenvalue weighted by Crippen LogP contribution is -2.37. The van der Waals surface area contributed by atoms with Crippen LogP contribution in [0.5, 0.6) is 5.75 Å². The Morgan fingerprint density at radius 2 is 1.86 bits per heavy atom.